The lowest BCUT2D eigenvalue weighted by molar-refractivity contribution is 0.0697. The predicted octanol–water partition coefficient (Wildman–Crippen LogP) is 3.12. The number of ether oxygens (including phenoxy) is 1. The Morgan fingerprint density at radius 1 is 0.816 bits per heavy atom. The number of benzene rings is 2. The fourth-order valence-corrected chi connectivity index (χ4v) is 7.53. The summed E-state index contributed by atoms with van der Waals surface area (Å²) >= 11 is 12.0. The highest BCUT2D eigenvalue weighted by atomic mass is 35.5. The molecule has 2 aromatic carbocycles. The Morgan fingerprint density at radius 2 is 1.53 bits per heavy atom. The molecule has 0 aliphatic carbocycles. The molecule has 5 rings (SSSR count). The normalized spacial score (nSPS) is 16.6. The zero-order valence-corrected chi connectivity index (χ0v) is 23.0. The van der Waals surface area contributed by atoms with Crippen LogP contribution in [0.15, 0.2) is 70.6 Å². The number of carbonyl (C=O) groups is 1. The molecule has 10 nitrogen and oxygen atoms in total. The van der Waals surface area contributed by atoms with E-state index in [4.69, 9.17) is 27.9 Å². The quantitative estimate of drug-likeness (QED) is 0.444. The number of aromatic nitrogens is 1. The first-order valence-electron chi connectivity index (χ1n) is 11.5. The summed E-state index contributed by atoms with van der Waals surface area (Å²) in [6.45, 7) is 0.675. The molecule has 0 atom stereocenters. The van der Waals surface area contributed by atoms with E-state index in [2.05, 4.69) is 4.98 Å². The average molecular weight is 598 g/mol. The fraction of sp³-hybridized carbons (Fsp3) is 0.250. The maximum absolute atomic E-state index is 13.4. The van der Waals surface area contributed by atoms with Crippen LogP contribution in [0.3, 0.4) is 0 Å². The number of pyridine rings is 1. The molecule has 14 heteroatoms. The van der Waals surface area contributed by atoms with E-state index < -0.39 is 26.0 Å². The predicted molar refractivity (Wildman–Crippen MR) is 142 cm³/mol. The minimum atomic E-state index is -4.06. The van der Waals surface area contributed by atoms with Gasteiger partial charge in [0, 0.05) is 32.4 Å². The van der Waals surface area contributed by atoms with Gasteiger partial charge in [0.25, 0.3) is 15.9 Å². The van der Waals surface area contributed by atoms with Crippen molar-refractivity contribution in [3.63, 3.8) is 0 Å². The van der Waals surface area contributed by atoms with Crippen molar-refractivity contribution in [3.8, 4) is 5.88 Å². The third-order valence-electron chi connectivity index (χ3n) is 6.27. The lowest BCUT2D eigenvalue weighted by atomic mass is 10.2. The van der Waals surface area contributed by atoms with Crippen LogP contribution in [0.25, 0.3) is 0 Å². The van der Waals surface area contributed by atoms with Crippen LogP contribution in [0.4, 0.5) is 5.69 Å². The Morgan fingerprint density at radius 3 is 2.21 bits per heavy atom. The van der Waals surface area contributed by atoms with Gasteiger partial charge in [-0.1, -0.05) is 41.4 Å². The van der Waals surface area contributed by atoms with Crippen molar-refractivity contribution in [3.05, 3.63) is 76.4 Å². The number of rotatable bonds is 5. The highest BCUT2D eigenvalue weighted by Gasteiger charge is 2.34. The van der Waals surface area contributed by atoms with Crippen molar-refractivity contribution in [1.29, 1.82) is 0 Å². The number of sulfonamides is 2. The smallest absolute Gasteiger partial charge is 0.264 e. The minimum Gasteiger partial charge on any atom is -0.474 e. The van der Waals surface area contributed by atoms with Gasteiger partial charge in [-0.3, -0.25) is 9.10 Å². The van der Waals surface area contributed by atoms with Crippen molar-refractivity contribution in [2.45, 2.75) is 9.79 Å². The first-order chi connectivity index (χ1) is 18.1. The zero-order chi connectivity index (χ0) is 27.1. The first-order valence-corrected chi connectivity index (χ1v) is 15.2. The molecule has 2 aliphatic heterocycles. The average Bonchev–Trinajstić information content (AvgIpc) is 2.94. The van der Waals surface area contributed by atoms with Gasteiger partial charge in [-0.25, -0.2) is 21.8 Å². The first kappa shape index (κ1) is 26.7. The number of fused-ring (bicyclic) bond motifs is 1. The zero-order valence-electron chi connectivity index (χ0n) is 19.8. The van der Waals surface area contributed by atoms with Crippen molar-refractivity contribution in [2.24, 2.45) is 0 Å². The molecule has 3 heterocycles. The summed E-state index contributed by atoms with van der Waals surface area (Å²) in [5.74, 6) is -0.315. The van der Waals surface area contributed by atoms with E-state index in [0.29, 0.717) is 0 Å². The van der Waals surface area contributed by atoms with Gasteiger partial charge >= 0.3 is 0 Å². The summed E-state index contributed by atoms with van der Waals surface area (Å²) in [7, 11) is -7.73. The van der Waals surface area contributed by atoms with Crippen LogP contribution in [-0.4, -0.2) is 76.3 Å². The topological polar surface area (TPSA) is 117 Å². The molecular weight excluding hydrogens is 575 g/mol. The molecule has 2 aliphatic rings. The Hall–Kier alpha value is -2.90. The molecule has 3 aromatic rings. The molecule has 1 fully saturated rings. The monoisotopic (exact) mass is 596 g/mol. The molecule has 1 saturated heterocycles. The number of hydrogen-bond donors (Lipinski definition) is 0. The van der Waals surface area contributed by atoms with Crippen molar-refractivity contribution < 1.29 is 26.4 Å². The number of carbonyl (C=O) groups excluding carboxylic acids is 1. The standard InChI is InChI=1S/C24H22Cl2N4O6S2/c25-20-7-6-19(15-21(20)26)38(34,35)30-12-13-36-23-22(30)14-17(16-27-23)24(31)28-8-10-29(11-9-28)37(32,33)18-4-2-1-3-5-18/h1-7,14-16H,8-13H2. The molecule has 0 spiro atoms. The Kier molecular flexibility index (Phi) is 7.27. The summed E-state index contributed by atoms with van der Waals surface area (Å²) in [4.78, 5) is 19.1. The molecule has 0 bridgehead atoms. The van der Waals surface area contributed by atoms with Gasteiger partial charge in [-0.15, -0.1) is 0 Å². The molecule has 200 valence electrons. The second kappa shape index (κ2) is 10.3. The van der Waals surface area contributed by atoms with Gasteiger partial charge in [0.05, 0.1) is 31.9 Å². The second-order valence-corrected chi connectivity index (χ2v) is 13.2. The number of piperazine rings is 1. The number of amides is 1. The van der Waals surface area contributed by atoms with Crippen LogP contribution in [-0.2, 0) is 20.0 Å². The SMILES string of the molecule is O=C(c1cnc2c(c1)N(S(=O)(=O)c1ccc(Cl)c(Cl)c1)CCO2)N1CCN(S(=O)(=O)c2ccccc2)CC1. The lowest BCUT2D eigenvalue weighted by Crippen LogP contribution is -2.50. The van der Waals surface area contributed by atoms with E-state index >= 15 is 0 Å². The molecule has 1 amide bonds. The minimum absolute atomic E-state index is 0.00488. The molecule has 38 heavy (non-hydrogen) atoms. The Bertz CT molecular complexity index is 1600. The molecule has 1 aromatic heterocycles. The van der Waals surface area contributed by atoms with Gasteiger partial charge in [-0.2, -0.15) is 4.31 Å². The van der Waals surface area contributed by atoms with Gasteiger partial charge < -0.3 is 9.64 Å². The maximum Gasteiger partial charge on any atom is 0.264 e. The van der Waals surface area contributed by atoms with Crippen LogP contribution < -0.4 is 9.04 Å². The number of anilines is 1. The van der Waals surface area contributed by atoms with Crippen molar-refractivity contribution >= 4 is 54.8 Å². The lowest BCUT2D eigenvalue weighted by Gasteiger charge is -2.34. The summed E-state index contributed by atoms with van der Waals surface area (Å²) in [6.07, 6.45) is 1.32. The summed E-state index contributed by atoms with van der Waals surface area (Å²) < 4.78 is 60.7. The third kappa shape index (κ3) is 4.94. The molecular formula is C24H22Cl2N4O6S2. The third-order valence-corrected chi connectivity index (χ3v) is 10.7. The molecule has 0 unspecified atom stereocenters. The van der Waals surface area contributed by atoms with E-state index in [1.54, 1.807) is 18.2 Å². The number of halogens is 2. The van der Waals surface area contributed by atoms with E-state index in [9.17, 15) is 21.6 Å². The van der Waals surface area contributed by atoms with Crippen LogP contribution in [0.1, 0.15) is 10.4 Å². The Balaban J connectivity index is 1.36. The van der Waals surface area contributed by atoms with E-state index in [-0.39, 0.29) is 76.3 Å². The molecule has 0 radical (unpaired) electrons. The maximum atomic E-state index is 13.4. The Labute approximate surface area is 230 Å². The van der Waals surface area contributed by atoms with Crippen LogP contribution in [0, 0.1) is 0 Å². The molecule has 0 saturated carbocycles. The van der Waals surface area contributed by atoms with Gasteiger partial charge in [0.2, 0.25) is 15.9 Å². The largest absolute Gasteiger partial charge is 0.474 e. The highest BCUT2D eigenvalue weighted by molar-refractivity contribution is 7.92. The highest BCUT2D eigenvalue weighted by Crippen LogP contribution is 2.36. The number of nitrogens with zero attached hydrogens (tertiary/aromatic N) is 4. The second-order valence-electron chi connectivity index (χ2n) is 8.56. The fourth-order valence-electron chi connectivity index (χ4n) is 4.26. The molecule has 0 N–H and O–H groups in total. The van der Waals surface area contributed by atoms with Gasteiger partial charge in [-0.05, 0) is 36.4 Å². The van der Waals surface area contributed by atoms with E-state index in [0.717, 1.165) is 4.31 Å². The van der Waals surface area contributed by atoms with E-state index in [1.165, 1.54) is 51.8 Å². The van der Waals surface area contributed by atoms with Crippen LogP contribution in [0.2, 0.25) is 10.0 Å². The van der Waals surface area contributed by atoms with Gasteiger partial charge in [0.15, 0.2) is 0 Å². The van der Waals surface area contributed by atoms with Gasteiger partial charge in [0.1, 0.15) is 12.3 Å². The van der Waals surface area contributed by atoms with Crippen LogP contribution >= 0.6 is 23.2 Å². The summed E-state index contributed by atoms with van der Waals surface area (Å²) in [6, 6.07) is 13.6. The summed E-state index contributed by atoms with van der Waals surface area (Å²) in [5, 5.41) is 0.316. The van der Waals surface area contributed by atoms with Crippen LogP contribution in [0.5, 0.6) is 5.88 Å². The number of hydrogen-bond acceptors (Lipinski definition) is 7. The van der Waals surface area contributed by atoms with Crippen molar-refractivity contribution in [1.82, 2.24) is 14.2 Å². The van der Waals surface area contributed by atoms with Crippen molar-refractivity contribution in [2.75, 3.05) is 43.6 Å². The van der Waals surface area contributed by atoms with E-state index in [1.807, 2.05) is 0 Å². The summed E-state index contributed by atoms with van der Waals surface area (Å²) in [5.41, 5.74) is 0.279.